The molecule has 0 aliphatic carbocycles. The lowest BCUT2D eigenvalue weighted by atomic mass is 10.2. The lowest BCUT2D eigenvalue weighted by Gasteiger charge is -1.98. The van der Waals surface area contributed by atoms with Crippen molar-refractivity contribution < 1.29 is 13.5 Å². The lowest BCUT2D eigenvalue weighted by molar-refractivity contribution is -0.385. The molecular formula is C8H8FNO3S. The Balaban J connectivity index is 3.07. The van der Waals surface area contributed by atoms with Gasteiger partial charge in [-0.1, -0.05) is 0 Å². The zero-order valence-electron chi connectivity index (χ0n) is 7.40. The molecule has 1 aromatic carbocycles. The predicted molar refractivity (Wildman–Crippen MR) is 50.8 cm³/mol. The third-order valence-corrected chi connectivity index (χ3v) is 2.26. The summed E-state index contributed by atoms with van der Waals surface area (Å²) >= 11 is 0. The number of nitro groups is 1. The number of halogens is 1. The molecule has 0 bridgehead atoms. The molecule has 0 N–H and O–H groups in total. The smallest absolute Gasteiger partial charge is 0.260 e. The van der Waals surface area contributed by atoms with Crippen molar-refractivity contribution in [2.24, 2.45) is 0 Å². The van der Waals surface area contributed by atoms with E-state index in [1.165, 1.54) is 12.3 Å². The van der Waals surface area contributed by atoms with Crippen LogP contribution in [0.3, 0.4) is 0 Å². The molecule has 1 atom stereocenters. The zero-order chi connectivity index (χ0) is 10.7. The SMILES string of the molecule is CS(=O)Cc1cc(F)cc([N+](=O)[O-])c1. The molecule has 0 spiro atoms. The van der Waals surface area contributed by atoms with E-state index in [9.17, 15) is 18.7 Å². The van der Waals surface area contributed by atoms with Gasteiger partial charge in [0.15, 0.2) is 0 Å². The largest absolute Gasteiger partial charge is 0.272 e. The van der Waals surface area contributed by atoms with E-state index in [2.05, 4.69) is 0 Å². The van der Waals surface area contributed by atoms with Crippen LogP contribution in [0.4, 0.5) is 10.1 Å². The maximum Gasteiger partial charge on any atom is 0.272 e. The molecule has 0 fully saturated rings. The molecule has 0 heterocycles. The highest BCUT2D eigenvalue weighted by Gasteiger charge is 2.10. The van der Waals surface area contributed by atoms with Gasteiger partial charge in [-0.15, -0.1) is 0 Å². The molecule has 0 aliphatic heterocycles. The number of hydrogen-bond donors (Lipinski definition) is 0. The molecule has 0 saturated heterocycles. The second-order valence-corrected chi connectivity index (χ2v) is 4.23. The van der Waals surface area contributed by atoms with Gasteiger partial charge in [0.05, 0.1) is 11.0 Å². The monoisotopic (exact) mass is 217 g/mol. The highest BCUT2D eigenvalue weighted by molar-refractivity contribution is 7.83. The van der Waals surface area contributed by atoms with Crippen molar-refractivity contribution in [1.82, 2.24) is 0 Å². The molecule has 0 aliphatic rings. The third-order valence-electron chi connectivity index (χ3n) is 1.52. The average Bonchev–Trinajstić information content (AvgIpc) is 2.01. The highest BCUT2D eigenvalue weighted by Crippen LogP contribution is 2.17. The van der Waals surface area contributed by atoms with Gasteiger partial charge in [-0.2, -0.15) is 0 Å². The van der Waals surface area contributed by atoms with Crippen LogP contribution < -0.4 is 0 Å². The fourth-order valence-corrected chi connectivity index (χ4v) is 1.69. The first-order chi connectivity index (χ1) is 6.49. The van der Waals surface area contributed by atoms with Gasteiger partial charge in [0, 0.05) is 28.9 Å². The van der Waals surface area contributed by atoms with Crippen molar-refractivity contribution in [2.45, 2.75) is 5.75 Å². The van der Waals surface area contributed by atoms with Gasteiger partial charge >= 0.3 is 0 Å². The Bertz CT molecular complexity index is 394. The summed E-state index contributed by atoms with van der Waals surface area (Å²) in [4.78, 5) is 9.68. The Morgan fingerprint density at radius 1 is 1.50 bits per heavy atom. The van der Waals surface area contributed by atoms with Crippen LogP contribution in [0.15, 0.2) is 18.2 Å². The number of benzene rings is 1. The van der Waals surface area contributed by atoms with Crippen molar-refractivity contribution in [3.63, 3.8) is 0 Å². The van der Waals surface area contributed by atoms with Gasteiger partial charge in [0.2, 0.25) is 0 Å². The number of rotatable bonds is 3. The summed E-state index contributed by atoms with van der Waals surface area (Å²) in [6.07, 6.45) is 1.46. The van der Waals surface area contributed by atoms with Crippen LogP contribution in [-0.2, 0) is 16.6 Å². The Hall–Kier alpha value is -1.30. The van der Waals surface area contributed by atoms with Gasteiger partial charge in [0.25, 0.3) is 5.69 Å². The molecule has 0 radical (unpaired) electrons. The normalized spacial score (nSPS) is 12.4. The van der Waals surface area contributed by atoms with Gasteiger partial charge in [0.1, 0.15) is 5.82 Å². The van der Waals surface area contributed by atoms with E-state index in [4.69, 9.17) is 0 Å². The topological polar surface area (TPSA) is 60.2 Å². The molecular weight excluding hydrogens is 209 g/mol. The van der Waals surface area contributed by atoms with Crippen LogP contribution in [0.2, 0.25) is 0 Å². The fourth-order valence-electron chi connectivity index (χ4n) is 1.06. The van der Waals surface area contributed by atoms with E-state index < -0.39 is 21.5 Å². The molecule has 1 rings (SSSR count). The Labute approximate surface area is 82.4 Å². The predicted octanol–water partition coefficient (Wildman–Crippen LogP) is 1.61. The first kappa shape index (κ1) is 10.8. The lowest BCUT2D eigenvalue weighted by Crippen LogP contribution is -1.96. The molecule has 0 amide bonds. The van der Waals surface area contributed by atoms with Crippen LogP contribution >= 0.6 is 0 Å². The second-order valence-electron chi connectivity index (χ2n) is 2.79. The molecule has 0 aromatic heterocycles. The summed E-state index contributed by atoms with van der Waals surface area (Å²) in [5.74, 6) is -0.557. The number of nitro benzene ring substituents is 1. The van der Waals surface area contributed by atoms with Crippen molar-refractivity contribution in [3.8, 4) is 0 Å². The quantitative estimate of drug-likeness (QED) is 0.570. The van der Waals surface area contributed by atoms with Crippen LogP contribution in [-0.4, -0.2) is 15.4 Å². The molecule has 76 valence electrons. The Morgan fingerprint density at radius 3 is 2.64 bits per heavy atom. The zero-order valence-corrected chi connectivity index (χ0v) is 8.21. The minimum Gasteiger partial charge on any atom is -0.260 e. The van der Waals surface area contributed by atoms with E-state index in [1.807, 2.05) is 0 Å². The van der Waals surface area contributed by atoms with Crippen molar-refractivity contribution in [2.75, 3.05) is 6.26 Å². The standard InChI is InChI=1S/C8H8FNO3S/c1-14(13)5-6-2-7(9)4-8(3-6)10(11)12/h2-4H,5H2,1H3. The van der Waals surface area contributed by atoms with Crippen LogP contribution in [0.1, 0.15) is 5.56 Å². The summed E-state index contributed by atoms with van der Waals surface area (Å²) in [5.41, 5.74) is 0.0583. The Morgan fingerprint density at radius 2 is 2.14 bits per heavy atom. The first-order valence-electron chi connectivity index (χ1n) is 3.73. The Kier molecular flexibility index (Phi) is 3.29. The van der Waals surface area contributed by atoms with Gasteiger partial charge < -0.3 is 0 Å². The van der Waals surface area contributed by atoms with Crippen LogP contribution in [0.25, 0.3) is 0 Å². The van der Waals surface area contributed by atoms with Gasteiger partial charge in [-0.3, -0.25) is 14.3 Å². The number of hydrogen-bond acceptors (Lipinski definition) is 3. The molecule has 1 unspecified atom stereocenters. The molecule has 1 aromatic rings. The summed E-state index contributed by atoms with van der Waals surface area (Å²) in [5, 5.41) is 10.4. The third kappa shape index (κ3) is 2.88. The first-order valence-corrected chi connectivity index (χ1v) is 5.45. The van der Waals surface area contributed by atoms with Crippen LogP contribution in [0, 0.1) is 15.9 Å². The number of nitrogens with zero attached hydrogens (tertiary/aromatic N) is 1. The van der Waals surface area contributed by atoms with Crippen molar-refractivity contribution >= 4 is 16.5 Å². The average molecular weight is 217 g/mol. The number of non-ortho nitro benzene ring substituents is 1. The van der Waals surface area contributed by atoms with Crippen molar-refractivity contribution in [3.05, 3.63) is 39.7 Å². The van der Waals surface area contributed by atoms with E-state index >= 15 is 0 Å². The molecule has 6 heteroatoms. The second kappa shape index (κ2) is 4.28. The van der Waals surface area contributed by atoms with Crippen molar-refractivity contribution in [1.29, 1.82) is 0 Å². The van der Waals surface area contributed by atoms with E-state index in [-0.39, 0.29) is 11.4 Å². The van der Waals surface area contributed by atoms with Gasteiger partial charge in [-0.05, 0) is 11.6 Å². The molecule has 0 saturated carbocycles. The highest BCUT2D eigenvalue weighted by atomic mass is 32.2. The summed E-state index contributed by atoms with van der Waals surface area (Å²) in [6, 6.07) is 3.21. The fraction of sp³-hybridized carbons (Fsp3) is 0.250. The maximum atomic E-state index is 12.8. The van der Waals surface area contributed by atoms with E-state index in [0.29, 0.717) is 5.56 Å². The molecule has 4 nitrogen and oxygen atoms in total. The van der Waals surface area contributed by atoms with Crippen LogP contribution in [0.5, 0.6) is 0 Å². The minimum atomic E-state index is -1.14. The summed E-state index contributed by atoms with van der Waals surface area (Å²) in [6.45, 7) is 0. The summed E-state index contributed by atoms with van der Waals surface area (Å²) < 4.78 is 23.7. The minimum absolute atomic E-state index is 0.124. The van der Waals surface area contributed by atoms with E-state index in [1.54, 1.807) is 0 Å². The summed E-state index contributed by atoms with van der Waals surface area (Å²) in [7, 11) is -1.14. The maximum absolute atomic E-state index is 12.8. The molecule has 14 heavy (non-hydrogen) atoms. The van der Waals surface area contributed by atoms with E-state index in [0.717, 1.165) is 12.1 Å². The van der Waals surface area contributed by atoms with Gasteiger partial charge in [-0.25, -0.2) is 4.39 Å².